The first-order valence-electron chi connectivity index (χ1n) is 3.59. The average Bonchev–Trinajstić information content (AvgIpc) is 2.15. The SMILES string of the molecule is N#Cc1c(C(=O)O)ncc(Br)c1C(F)F. The van der Waals surface area contributed by atoms with Gasteiger partial charge in [0.05, 0.1) is 11.1 Å². The van der Waals surface area contributed by atoms with E-state index in [1.54, 1.807) is 0 Å². The zero-order valence-electron chi connectivity index (χ0n) is 7.04. The van der Waals surface area contributed by atoms with Gasteiger partial charge in [-0.25, -0.2) is 18.6 Å². The number of halogens is 3. The molecule has 1 aromatic heterocycles. The maximum absolute atomic E-state index is 12.5. The molecular formula is C8H3BrF2N2O2. The molecule has 0 bridgehead atoms. The first-order chi connectivity index (χ1) is 6.99. The van der Waals surface area contributed by atoms with Crippen LogP contribution in [0.5, 0.6) is 0 Å². The number of hydrogen-bond donors (Lipinski definition) is 1. The van der Waals surface area contributed by atoms with Crippen molar-refractivity contribution in [1.82, 2.24) is 4.98 Å². The highest BCUT2D eigenvalue weighted by Crippen LogP contribution is 2.31. The number of carbonyl (C=O) groups is 1. The van der Waals surface area contributed by atoms with E-state index >= 15 is 0 Å². The van der Waals surface area contributed by atoms with Crippen LogP contribution in [0.1, 0.15) is 28.0 Å². The molecule has 4 nitrogen and oxygen atoms in total. The number of carboxylic acid groups (broad SMARTS) is 1. The smallest absolute Gasteiger partial charge is 0.355 e. The summed E-state index contributed by atoms with van der Waals surface area (Å²) in [6.45, 7) is 0. The van der Waals surface area contributed by atoms with Crippen LogP contribution in [0.3, 0.4) is 0 Å². The maximum Gasteiger partial charge on any atom is 0.355 e. The topological polar surface area (TPSA) is 74.0 Å². The highest BCUT2D eigenvalue weighted by Gasteiger charge is 2.23. The van der Waals surface area contributed by atoms with Crippen molar-refractivity contribution < 1.29 is 18.7 Å². The minimum atomic E-state index is -2.94. The molecule has 1 rings (SSSR count). The van der Waals surface area contributed by atoms with Gasteiger partial charge in [-0.3, -0.25) is 0 Å². The lowest BCUT2D eigenvalue weighted by molar-refractivity contribution is 0.0689. The van der Waals surface area contributed by atoms with E-state index < -0.39 is 29.2 Å². The van der Waals surface area contributed by atoms with Crippen LogP contribution < -0.4 is 0 Å². The number of aromatic nitrogens is 1. The molecule has 0 radical (unpaired) electrons. The second kappa shape index (κ2) is 4.31. The molecule has 0 fully saturated rings. The average molecular weight is 277 g/mol. The number of aromatic carboxylic acids is 1. The van der Waals surface area contributed by atoms with Gasteiger partial charge in [-0.2, -0.15) is 5.26 Å². The molecule has 0 unspecified atom stereocenters. The van der Waals surface area contributed by atoms with Gasteiger partial charge in [-0.15, -0.1) is 0 Å². The van der Waals surface area contributed by atoms with E-state index in [1.807, 2.05) is 0 Å². The summed E-state index contributed by atoms with van der Waals surface area (Å²) in [7, 11) is 0. The fourth-order valence-corrected chi connectivity index (χ4v) is 1.46. The molecule has 0 spiro atoms. The summed E-state index contributed by atoms with van der Waals surface area (Å²) < 4.78 is 24.9. The second-order valence-electron chi connectivity index (χ2n) is 2.46. The Morgan fingerprint density at radius 3 is 2.67 bits per heavy atom. The maximum atomic E-state index is 12.5. The Kier molecular flexibility index (Phi) is 3.31. The lowest BCUT2D eigenvalue weighted by atomic mass is 10.1. The number of nitrogens with zero attached hydrogens (tertiary/aromatic N) is 2. The van der Waals surface area contributed by atoms with Crippen LogP contribution >= 0.6 is 15.9 Å². The molecule has 0 aliphatic carbocycles. The van der Waals surface area contributed by atoms with Gasteiger partial charge in [-0.1, -0.05) is 0 Å². The van der Waals surface area contributed by atoms with Crippen molar-refractivity contribution in [2.75, 3.05) is 0 Å². The van der Waals surface area contributed by atoms with E-state index in [9.17, 15) is 13.6 Å². The summed E-state index contributed by atoms with van der Waals surface area (Å²) >= 11 is 2.79. The number of carboxylic acids is 1. The fraction of sp³-hybridized carbons (Fsp3) is 0.125. The molecule has 0 aromatic carbocycles. The van der Waals surface area contributed by atoms with Crippen molar-refractivity contribution >= 4 is 21.9 Å². The second-order valence-corrected chi connectivity index (χ2v) is 3.32. The summed E-state index contributed by atoms with van der Waals surface area (Å²) in [5, 5.41) is 17.2. The number of pyridine rings is 1. The van der Waals surface area contributed by atoms with E-state index in [2.05, 4.69) is 20.9 Å². The Morgan fingerprint density at radius 1 is 1.67 bits per heavy atom. The van der Waals surface area contributed by atoms with Gasteiger partial charge in [0.15, 0.2) is 5.69 Å². The summed E-state index contributed by atoms with van der Waals surface area (Å²) in [5.41, 5.74) is -1.94. The number of hydrogen-bond acceptors (Lipinski definition) is 3. The van der Waals surface area contributed by atoms with Crippen molar-refractivity contribution in [3.8, 4) is 6.07 Å². The minimum absolute atomic E-state index is 0.0842. The normalized spacial score (nSPS) is 10.1. The third-order valence-electron chi connectivity index (χ3n) is 1.60. The molecule has 0 saturated carbocycles. The van der Waals surface area contributed by atoms with E-state index in [4.69, 9.17) is 10.4 Å². The lowest BCUT2D eigenvalue weighted by Gasteiger charge is -2.06. The Balaban J connectivity index is 3.56. The van der Waals surface area contributed by atoms with Crippen LogP contribution in [-0.2, 0) is 0 Å². The highest BCUT2D eigenvalue weighted by molar-refractivity contribution is 9.10. The molecule has 0 aliphatic heterocycles. The molecule has 0 atom stereocenters. The highest BCUT2D eigenvalue weighted by atomic mass is 79.9. The molecule has 78 valence electrons. The lowest BCUT2D eigenvalue weighted by Crippen LogP contribution is -2.07. The molecule has 1 aromatic rings. The van der Waals surface area contributed by atoms with Crippen molar-refractivity contribution in [2.45, 2.75) is 6.43 Å². The predicted molar refractivity (Wildman–Crippen MR) is 48.6 cm³/mol. The first-order valence-corrected chi connectivity index (χ1v) is 4.38. The van der Waals surface area contributed by atoms with Gasteiger partial charge in [0.2, 0.25) is 0 Å². The van der Waals surface area contributed by atoms with Crippen LogP contribution in [0.25, 0.3) is 0 Å². The van der Waals surface area contributed by atoms with Gasteiger partial charge in [-0.05, 0) is 15.9 Å². The van der Waals surface area contributed by atoms with Crippen molar-refractivity contribution in [3.63, 3.8) is 0 Å². The zero-order chi connectivity index (χ0) is 11.6. The van der Waals surface area contributed by atoms with Gasteiger partial charge in [0, 0.05) is 10.7 Å². The third kappa shape index (κ3) is 2.10. The van der Waals surface area contributed by atoms with E-state index in [1.165, 1.54) is 6.07 Å². The minimum Gasteiger partial charge on any atom is -0.476 e. The Hall–Kier alpha value is -1.55. The predicted octanol–water partition coefficient (Wildman–Crippen LogP) is 2.35. The van der Waals surface area contributed by atoms with Crippen molar-refractivity contribution in [1.29, 1.82) is 5.26 Å². The van der Waals surface area contributed by atoms with Gasteiger partial charge in [0.25, 0.3) is 6.43 Å². The molecule has 7 heteroatoms. The van der Waals surface area contributed by atoms with Crippen molar-refractivity contribution in [3.05, 3.63) is 27.5 Å². The third-order valence-corrected chi connectivity index (χ3v) is 2.23. The van der Waals surface area contributed by atoms with Crippen molar-refractivity contribution in [2.24, 2.45) is 0 Å². The standard InChI is InChI=1S/C8H3BrF2N2O2/c9-4-2-13-6(8(14)15)3(1-12)5(4)7(10)11/h2,7H,(H,14,15). The Bertz CT molecular complexity index is 457. The molecule has 1 N–H and O–H groups in total. The number of alkyl halides is 2. The van der Waals surface area contributed by atoms with Crippen LogP contribution in [0, 0.1) is 11.3 Å². The molecule has 1 heterocycles. The molecular weight excluding hydrogens is 274 g/mol. The van der Waals surface area contributed by atoms with Gasteiger partial charge < -0.3 is 5.11 Å². The largest absolute Gasteiger partial charge is 0.476 e. The fourth-order valence-electron chi connectivity index (χ4n) is 0.991. The quantitative estimate of drug-likeness (QED) is 0.900. The molecule has 0 amide bonds. The summed E-state index contributed by atoms with van der Waals surface area (Å²) in [6, 6.07) is 1.41. The summed E-state index contributed by atoms with van der Waals surface area (Å²) in [4.78, 5) is 14.0. The molecule has 0 aliphatic rings. The zero-order valence-corrected chi connectivity index (χ0v) is 8.62. The summed E-state index contributed by atoms with van der Waals surface area (Å²) in [6.07, 6.45) is -2.00. The van der Waals surface area contributed by atoms with E-state index in [-0.39, 0.29) is 4.47 Å². The monoisotopic (exact) mass is 276 g/mol. The van der Waals surface area contributed by atoms with E-state index in [0.29, 0.717) is 0 Å². The summed E-state index contributed by atoms with van der Waals surface area (Å²) in [5.74, 6) is -1.51. The van der Waals surface area contributed by atoms with Gasteiger partial charge in [0.1, 0.15) is 6.07 Å². The van der Waals surface area contributed by atoms with E-state index in [0.717, 1.165) is 6.20 Å². The van der Waals surface area contributed by atoms with Crippen LogP contribution in [0.15, 0.2) is 10.7 Å². The van der Waals surface area contributed by atoms with Crippen LogP contribution in [0.4, 0.5) is 8.78 Å². The Morgan fingerprint density at radius 2 is 2.27 bits per heavy atom. The Labute approximate surface area is 91.3 Å². The van der Waals surface area contributed by atoms with Gasteiger partial charge >= 0.3 is 5.97 Å². The van der Waals surface area contributed by atoms with Crippen LogP contribution in [-0.4, -0.2) is 16.1 Å². The number of rotatable bonds is 2. The molecule has 15 heavy (non-hydrogen) atoms. The first kappa shape index (κ1) is 11.5. The molecule has 0 saturated heterocycles. The number of nitriles is 1. The van der Waals surface area contributed by atoms with Crippen LogP contribution in [0.2, 0.25) is 0 Å².